The molecule has 0 fully saturated rings. The first-order valence-electron chi connectivity index (χ1n) is 13.2. The van der Waals surface area contributed by atoms with Gasteiger partial charge in [-0.1, -0.05) is 18.2 Å². The minimum Gasteiger partial charge on any atom is -0.497 e. The lowest BCUT2D eigenvalue weighted by Gasteiger charge is -2.40. The SMILES string of the molecule is CCOC(=O)C1=C(C)NC2=C(C(=O)[C@@H](C(=O)OCC)[C@H](c3ccccc3OC)C2)[C@@H]1c1cc(OC)ccc1OC. The van der Waals surface area contributed by atoms with E-state index in [2.05, 4.69) is 5.32 Å². The molecule has 1 N–H and O–H groups in total. The number of carbonyl (C=O) groups is 3. The zero-order valence-corrected chi connectivity index (χ0v) is 23.7. The number of rotatable bonds is 9. The van der Waals surface area contributed by atoms with Gasteiger partial charge in [0.15, 0.2) is 5.78 Å². The number of Topliss-reactive ketones (excluding diaryl/α,β-unsaturated/α-hetero) is 1. The van der Waals surface area contributed by atoms with Crippen LogP contribution in [0.15, 0.2) is 65.0 Å². The summed E-state index contributed by atoms with van der Waals surface area (Å²) in [6.07, 6.45) is 0.307. The fourth-order valence-corrected chi connectivity index (χ4v) is 5.66. The summed E-state index contributed by atoms with van der Waals surface area (Å²) in [6.45, 7) is 5.46. The molecule has 0 aromatic heterocycles. The molecular formula is C31H35NO8. The van der Waals surface area contributed by atoms with Gasteiger partial charge in [-0.25, -0.2) is 4.79 Å². The predicted octanol–water partition coefficient (Wildman–Crippen LogP) is 4.43. The number of carbonyl (C=O) groups excluding carboxylic acids is 3. The molecule has 2 aromatic carbocycles. The highest BCUT2D eigenvalue weighted by molar-refractivity contribution is 6.13. The number of hydrogen-bond donors (Lipinski definition) is 1. The second kappa shape index (κ2) is 12.3. The largest absolute Gasteiger partial charge is 0.497 e. The van der Waals surface area contributed by atoms with Gasteiger partial charge in [-0.2, -0.15) is 0 Å². The maximum Gasteiger partial charge on any atom is 0.336 e. The van der Waals surface area contributed by atoms with Gasteiger partial charge >= 0.3 is 11.9 Å². The summed E-state index contributed by atoms with van der Waals surface area (Å²) in [5, 5.41) is 3.31. The van der Waals surface area contributed by atoms with Crippen LogP contribution in [-0.2, 0) is 23.9 Å². The maximum atomic E-state index is 14.5. The van der Waals surface area contributed by atoms with Crippen molar-refractivity contribution in [3.05, 3.63) is 76.1 Å². The van der Waals surface area contributed by atoms with Crippen LogP contribution in [0.3, 0.4) is 0 Å². The first kappa shape index (κ1) is 28.7. The average Bonchev–Trinajstić information content (AvgIpc) is 2.96. The zero-order chi connectivity index (χ0) is 29.0. The number of para-hydroxylation sites is 1. The second-order valence-electron chi connectivity index (χ2n) is 9.46. The predicted molar refractivity (Wildman–Crippen MR) is 147 cm³/mol. The third kappa shape index (κ3) is 5.15. The minimum absolute atomic E-state index is 0.117. The highest BCUT2D eigenvalue weighted by atomic mass is 16.5. The smallest absolute Gasteiger partial charge is 0.336 e. The molecule has 0 saturated carbocycles. The van der Waals surface area contributed by atoms with Gasteiger partial charge in [-0.15, -0.1) is 0 Å². The van der Waals surface area contributed by atoms with E-state index in [1.807, 2.05) is 18.2 Å². The van der Waals surface area contributed by atoms with Gasteiger partial charge in [0.2, 0.25) is 0 Å². The van der Waals surface area contributed by atoms with Crippen LogP contribution in [0.4, 0.5) is 0 Å². The first-order chi connectivity index (χ1) is 19.3. The Kier molecular flexibility index (Phi) is 8.82. The van der Waals surface area contributed by atoms with Crippen LogP contribution < -0.4 is 19.5 Å². The molecule has 0 bridgehead atoms. The molecule has 1 aliphatic heterocycles. The van der Waals surface area contributed by atoms with Crippen molar-refractivity contribution in [2.75, 3.05) is 34.5 Å². The molecule has 4 rings (SSSR count). The van der Waals surface area contributed by atoms with Crippen molar-refractivity contribution in [2.45, 2.75) is 39.0 Å². The van der Waals surface area contributed by atoms with Crippen molar-refractivity contribution in [1.29, 1.82) is 0 Å². The van der Waals surface area contributed by atoms with Gasteiger partial charge in [0.05, 0.1) is 46.0 Å². The normalized spacial score (nSPS) is 20.4. The van der Waals surface area contributed by atoms with Gasteiger partial charge in [0, 0.05) is 28.4 Å². The number of nitrogens with one attached hydrogen (secondary N) is 1. The summed E-state index contributed by atoms with van der Waals surface area (Å²) in [4.78, 5) is 41.4. The molecule has 1 aliphatic carbocycles. The summed E-state index contributed by atoms with van der Waals surface area (Å²) < 4.78 is 27.6. The molecule has 9 heteroatoms. The molecule has 0 spiro atoms. The van der Waals surface area contributed by atoms with Crippen molar-refractivity contribution >= 4 is 17.7 Å². The van der Waals surface area contributed by atoms with Crippen molar-refractivity contribution in [2.24, 2.45) is 5.92 Å². The number of benzene rings is 2. The molecule has 40 heavy (non-hydrogen) atoms. The summed E-state index contributed by atoms with van der Waals surface area (Å²) in [7, 11) is 4.60. The quantitative estimate of drug-likeness (QED) is 0.359. The van der Waals surface area contributed by atoms with Crippen molar-refractivity contribution in [3.63, 3.8) is 0 Å². The molecule has 2 aromatic rings. The van der Waals surface area contributed by atoms with E-state index >= 15 is 0 Å². The van der Waals surface area contributed by atoms with E-state index in [-0.39, 0.29) is 18.8 Å². The van der Waals surface area contributed by atoms with Crippen LogP contribution in [0.5, 0.6) is 17.2 Å². The van der Waals surface area contributed by atoms with Crippen molar-refractivity contribution in [3.8, 4) is 17.2 Å². The maximum absolute atomic E-state index is 14.5. The Hall–Kier alpha value is -4.27. The van der Waals surface area contributed by atoms with E-state index in [4.69, 9.17) is 23.7 Å². The third-order valence-corrected chi connectivity index (χ3v) is 7.34. The fraction of sp³-hybridized carbons (Fsp3) is 0.387. The van der Waals surface area contributed by atoms with Crippen LogP contribution in [0.2, 0.25) is 0 Å². The van der Waals surface area contributed by atoms with E-state index in [0.717, 1.165) is 5.56 Å². The van der Waals surface area contributed by atoms with E-state index < -0.39 is 35.5 Å². The topological polar surface area (TPSA) is 109 Å². The molecular weight excluding hydrogens is 514 g/mol. The lowest BCUT2D eigenvalue weighted by molar-refractivity contribution is -0.152. The van der Waals surface area contributed by atoms with Crippen molar-refractivity contribution in [1.82, 2.24) is 5.32 Å². The number of hydrogen-bond acceptors (Lipinski definition) is 9. The van der Waals surface area contributed by atoms with Gasteiger partial charge in [-0.05, 0) is 57.0 Å². The van der Waals surface area contributed by atoms with E-state index in [0.29, 0.717) is 46.2 Å². The van der Waals surface area contributed by atoms with Crippen LogP contribution in [0, 0.1) is 5.92 Å². The second-order valence-corrected chi connectivity index (χ2v) is 9.46. The van der Waals surface area contributed by atoms with Gasteiger partial charge in [0.1, 0.15) is 23.2 Å². The molecule has 0 radical (unpaired) electrons. The fourth-order valence-electron chi connectivity index (χ4n) is 5.66. The molecule has 0 saturated heterocycles. The van der Waals surface area contributed by atoms with E-state index in [1.54, 1.807) is 52.1 Å². The number of methoxy groups -OCH3 is 3. The van der Waals surface area contributed by atoms with Gasteiger partial charge < -0.3 is 29.0 Å². The number of ketones is 1. The van der Waals surface area contributed by atoms with Crippen LogP contribution in [0.25, 0.3) is 0 Å². The summed E-state index contributed by atoms with van der Waals surface area (Å²) in [6, 6.07) is 12.5. The van der Waals surface area contributed by atoms with E-state index in [9.17, 15) is 14.4 Å². The minimum atomic E-state index is -1.15. The Balaban J connectivity index is 1.98. The number of allylic oxidation sites excluding steroid dienone is 3. The Morgan fingerprint density at radius 1 is 0.900 bits per heavy atom. The molecule has 0 unspecified atom stereocenters. The molecule has 2 aliphatic rings. The monoisotopic (exact) mass is 549 g/mol. The highest BCUT2D eigenvalue weighted by Crippen LogP contribution is 2.51. The summed E-state index contributed by atoms with van der Waals surface area (Å²) in [5.41, 5.74) is 2.99. The Labute approximate surface area is 234 Å². The van der Waals surface area contributed by atoms with E-state index in [1.165, 1.54) is 14.2 Å². The third-order valence-electron chi connectivity index (χ3n) is 7.34. The Morgan fingerprint density at radius 3 is 2.23 bits per heavy atom. The summed E-state index contributed by atoms with van der Waals surface area (Å²) in [5.74, 6) is -2.67. The van der Waals surface area contributed by atoms with Gasteiger partial charge in [0.25, 0.3) is 0 Å². The summed E-state index contributed by atoms with van der Waals surface area (Å²) >= 11 is 0. The number of esters is 2. The molecule has 0 amide bonds. The Bertz CT molecular complexity index is 1380. The molecule has 3 atom stereocenters. The molecule has 9 nitrogen and oxygen atoms in total. The molecule has 1 heterocycles. The lowest BCUT2D eigenvalue weighted by Crippen LogP contribution is -2.43. The zero-order valence-electron chi connectivity index (χ0n) is 23.7. The number of dihydropyridines is 1. The highest BCUT2D eigenvalue weighted by Gasteiger charge is 2.50. The number of ether oxygens (including phenoxy) is 5. The van der Waals surface area contributed by atoms with Gasteiger partial charge in [-0.3, -0.25) is 9.59 Å². The first-order valence-corrected chi connectivity index (χ1v) is 13.2. The lowest BCUT2D eigenvalue weighted by atomic mass is 9.67. The standard InChI is InChI=1S/C31H35NO8/c1-7-39-30(34)25-17(3)32-22-16-20(19-11-9-10-12-23(19)37-5)27(31(35)40-8-2)29(33)28(22)26(25)21-15-18(36-4)13-14-24(21)38-6/h9-15,20,26-27,32H,7-8,16H2,1-6H3/t20-,26+,27-/m0/s1. The van der Waals surface area contributed by atoms with Crippen molar-refractivity contribution < 1.29 is 38.1 Å². The van der Waals surface area contributed by atoms with Crippen LogP contribution >= 0.6 is 0 Å². The van der Waals surface area contributed by atoms with Crippen LogP contribution in [0.1, 0.15) is 50.2 Å². The average molecular weight is 550 g/mol. The van der Waals surface area contributed by atoms with Crippen LogP contribution in [-0.4, -0.2) is 52.3 Å². The molecule has 212 valence electrons. The Morgan fingerprint density at radius 2 is 1.57 bits per heavy atom.